The Morgan fingerprint density at radius 1 is 0.879 bits per heavy atom. The fourth-order valence-corrected chi connectivity index (χ4v) is 3.24. The minimum absolute atomic E-state index is 0.0174. The number of aromatic nitrogens is 2. The molecule has 0 fully saturated rings. The molecular weight excluding hydrogens is 424 g/mol. The summed E-state index contributed by atoms with van der Waals surface area (Å²) in [4.78, 5) is 33.5. The fraction of sp³-hybridized carbons (Fsp3) is 0.0400. The van der Waals surface area contributed by atoms with Gasteiger partial charge in [0.2, 0.25) is 5.75 Å². The summed E-state index contributed by atoms with van der Waals surface area (Å²) >= 11 is 0. The monoisotopic (exact) mass is 440 g/mol. The van der Waals surface area contributed by atoms with Crippen LogP contribution in [0.2, 0.25) is 0 Å². The van der Waals surface area contributed by atoms with Crippen LogP contribution in [-0.2, 0) is 9.53 Å². The van der Waals surface area contributed by atoms with Gasteiger partial charge in [-0.2, -0.15) is 0 Å². The lowest BCUT2D eigenvalue weighted by atomic mass is 10.1. The van der Waals surface area contributed by atoms with Crippen molar-refractivity contribution in [2.75, 3.05) is 7.11 Å². The van der Waals surface area contributed by atoms with Crippen LogP contribution in [-0.4, -0.2) is 29.0 Å². The Labute approximate surface area is 188 Å². The number of hydrogen-bond donors (Lipinski definition) is 0. The van der Waals surface area contributed by atoms with Crippen LogP contribution in [0.3, 0.4) is 0 Å². The lowest BCUT2D eigenvalue weighted by molar-refractivity contribution is -0.129. The van der Waals surface area contributed by atoms with Crippen LogP contribution in [0.1, 0.15) is 15.9 Å². The Hall–Kier alpha value is -4.72. The van der Waals surface area contributed by atoms with E-state index in [9.17, 15) is 9.59 Å². The number of benzene rings is 3. The molecule has 8 nitrogen and oxygen atoms in total. The highest BCUT2D eigenvalue weighted by atomic mass is 16.6. The third-order valence-corrected chi connectivity index (χ3v) is 4.78. The number of carbonyl (C=O) groups is 2. The number of methoxy groups -OCH3 is 1. The van der Waals surface area contributed by atoms with Crippen molar-refractivity contribution in [3.63, 3.8) is 0 Å². The standard InChI is InChI=1S/C25H16N2O6/c1-30-25(29)16-13-19(31-21(28)12-11-15-7-3-2-4-8-15)22-20(14-16)32-23-24(33-22)27-18-10-6-5-9-17(18)26-23/h2-14H,1H3/b12-11-. The summed E-state index contributed by atoms with van der Waals surface area (Å²) in [6, 6.07) is 19.3. The lowest BCUT2D eigenvalue weighted by Crippen LogP contribution is -2.11. The quantitative estimate of drug-likeness (QED) is 0.220. The highest BCUT2D eigenvalue weighted by Gasteiger charge is 2.29. The van der Waals surface area contributed by atoms with Crippen LogP contribution in [0.15, 0.2) is 72.8 Å². The second-order valence-corrected chi connectivity index (χ2v) is 6.99. The van der Waals surface area contributed by atoms with Crippen LogP contribution in [0.5, 0.6) is 29.0 Å². The number of fused-ring (bicyclic) bond motifs is 3. The van der Waals surface area contributed by atoms with E-state index in [2.05, 4.69) is 9.97 Å². The molecule has 0 N–H and O–H groups in total. The molecule has 0 unspecified atom stereocenters. The Bertz CT molecular complexity index is 1420. The zero-order chi connectivity index (χ0) is 22.8. The van der Waals surface area contributed by atoms with Gasteiger partial charge in [-0.25, -0.2) is 19.6 Å². The van der Waals surface area contributed by atoms with E-state index in [4.69, 9.17) is 18.9 Å². The number of ether oxygens (including phenoxy) is 4. The van der Waals surface area contributed by atoms with Crippen LogP contribution >= 0.6 is 0 Å². The van der Waals surface area contributed by atoms with Gasteiger partial charge in [0.25, 0.3) is 11.8 Å². The molecule has 33 heavy (non-hydrogen) atoms. The molecule has 0 amide bonds. The first kappa shape index (κ1) is 20.2. The van der Waals surface area contributed by atoms with E-state index in [1.165, 1.54) is 25.3 Å². The Morgan fingerprint density at radius 3 is 2.24 bits per heavy atom. The minimum Gasteiger partial charge on any atom is -0.465 e. The molecule has 0 aliphatic carbocycles. The summed E-state index contributed by atoms with van der Waals surface area (Å²) in [6.07, 6.45) is 2.89. The van der Waals surface area contributed by atoms with Crippen LogP contribution in [0, 0.1) is 0 Å². The average Bonchev–Trinajstić information content (AvgIpc) is 2.85. The molecule has 162 valence electrons. The third-order valence-electron chi connectivity index (χ3n) is 4.78. The summed E-state index contributed by atoms with van der Waals surface area (Å²) in [6.45, 7) is 0. The third kappa shape index (κ3) is 4.09. The maximum Gasteiger partial charge on any atom is 0.338 e. The number of esters is 2. The highest BCUT2D eigenvalue weighted by Crippen LogP contribution is 2.49. The molecule has 1 aliphatic heterocycles. The molecule has 0 radical (unpaired) electrons. The van der Waals surface area contributed by atoms with Crippen molar-refractivity contribution in [2.24, 2.45) is 0 Å². The number of rotatable bonds is 4. The largest absolute Gasteiger partial charge is 0.465 e. The molecule has 0 saturated carbocycles. The first-order valence-corrected chi connectivity index (χ1v) is 9.94. The van der Waals surface area contributed by atoms with Gasteiger partial charge in [0, 0.05) is 6.08 Å². The van der Waals surface area contributed by atoms with Crippen molar-refractivity contribution in [1.29, 1.82) is 0 Å². The van der Waals surface area contributed by atoms with Gasteiger partial charge in [-0.15, -0.1) is 0 Å². The summed E-state index contributed by atoms with van der Waals surface area (Å²) in [7, 11) is 1.25. The molecule has 0 saturated heterocycles. The lowest BCUT2D eigenvalue weighted by Gasteiger charge is -2.21. The number of carbonyl (C=O) groups excluding carboxylic acids is 2. The normalized spacial score (nSPS) is 11.8. The predicted molar refractivity (Wildman–Crippen MR) is 119 cm³/mol. The molecule has 3 aromatic carbocycles. The molecule has 1 aliphatic rings. The summed E-state index contributed by atoms with van der Waals surface area (Å²) in [5.74, 6) is -0.827. The minimum atomic E-state index is -0.665. The summed E-state index contributed by atoms with van der Waals surface area (Å²) < 4.78 is 22.0. The molecule has 2 heterocycles. The summed E-state index contributed by atoms with van der Waals surface area (Å²) in [5, 5.41) is 0. The van der Waals surface area contributed by atoms with Crippen molar-refractivity contribution < 1.29 is 28.5 Å². The number of para-hydroxylation sites is 2. The Balaban J connectivity index is 1.51. The SMILES string of the molecule is COC(=O)c1cc(OC(=O)/C=C\c2ccccc2)c2c(c1)Oc1nc3ccccc3nc1O2. The van der Waals surface area contributed by atoms with Gasteiger partial charge in [-0.1, -0.05) is 42.5 Å². The molecule has 1 aromatic heterocycles. The summed E-state index contributed by atoms with van der Waals surface area (Å²) in [5.41, 5.74) is 2.17. The molecule has 4 aromatic rings. The average molecular weight is 440 g/mol. The van der Waals surface area contributed by atoms with Crippen molar-refractivity contribution >= 4 is 29.0 Å². The van der Waals surface area contributed by atoms with E-state index in [0.29, 0.717) is 11.0 Å². The van der Waals surface area contributed by atoms with Crippen molar-refractivity contribution in [3.8, 4) is 29.0 Å². The van der Waals surface area contributed by atoms with Gasteiger partial charge < -0.3 is 18.9 Å². The van der Waals surface area contributed by atoms with Crippen molar-refractivity contribution in [2.45, 2.75) is 0 Å². The maximum absolute atomic E-state index is 12.5. The van der Waals surface area contributed by atoms with Gasteiger partial charge in [-0.3, -0.25) is 0 Å². The Kier molecular flexibility index (Phi) is 5.16. The van der Waals surface area contributed by atoms with Crippen LogP contribution in [0.4, 0.5) is 0 Å². The first-order valence-electron chi connectivity index (χ1n) is 9.94. The first-order chi connectivity index (χ1) is 16.1. The van der Waals surface area contributed by atoms with E-state index in [0.717, 1.165) is 5.56 Å². The molecule has 0 spiro atoms. The zero-order valence-corrected chi connectivity index (χ0v) is 17.3. The molecule has 0 bridgehead atoms. The number of nitrogens with zero attached hydrogens (tertiary/aromatic N) is 2. The van der Waals surface area contributed by atoms with E-state index >= 15 is 0 Å². The van der Waals surface area contributed by atoms with Crippen LogP contribution in [0.25, 0.3) is 17.1 Å². The van der Waals surface area contributed by atoms with Crippen molar-refractivity contribution in [1.82, 2.24) is 9.97 Å². The van der Waals surface area contributed by atoms with Crippen LogP contribution < -0.4 is 14.2 Å². The van der Waals surface area contributed by atoms with E-state index in [1.54, 1.807) is 18.2 Å². The molecule has 8 heteroatoms. The zero-order valence-electron chi connectivity index (χ0n) is 17.3. The van der Waals surface area contributed by atoms with Gasteiger partial charge >= 0.3 is 11.9 Å². The second kappa shape index (κ2) is 8.43. The predicted octanol–water partition coefficient (Wildman–Crippen LogP) is 4.93. The van der Waals surface area contributed by atoms with Gasteiger partial charge in [0.05, 0.1) is 23.7 Å². The van der Waals surface area contributed by atoms with Gasteiger partial charge in [0.1, 0.15) is 0 Å². The maximum atomic E-state index is 12.5. The topological polar surface area (TPSA) is 96.8 Å². The molecule has 5 rings (SSSR count). The van der Waals surface area contributed by atoms with Gasteiger partial charge in [0.15, 0.2) is 11.5 Å². The van der Waals surface area contributed by atoms with E-state index in [1.807, 2.05) is 42.5 Å². The van der Waals surface area contributed by atoms with E-state index < -0.39 is 11.9 Å². The number of hydrogen-bond acceptors (Lipinski definition) is 8. The Morgan fingerprint density at radius 2 is 1.55 bits per heavy atom. The smallest absolute Gasteiger partial charge is 0.338 e. The van der Waals surface area contributed by atoms with Gasteiger partial charge in [-0.05, 0) is 35.9 Å². The fourth-order valence-electron chi connectivity index (χ4n) is 3.24. The highest BCUT2D eigenvalue weighted by molar-refractivity contribution is 5.93. The molecular formula is C25H16N2O6. The van der Waals surface area contributed by atoms with Crippen molar-refractivity contribution in [3.05, 3.63) is 83.9 Å². The molecule has 0 atom stereocenters. The second-order valence-electron chi connectivity index (χ2n) is 6.99. The van der Waals surface area contributed by atoms with E-state index in [-0.39, 0.29) is 34.6 Å².